The van der Waals surface area contributed by atoms with Crippen molar-refractivity contribution in [2.75, 3.05) is 6.61 Å². The van der Waals surface area contributed by atoms with Crippen LogP contribution in [0.3, 0.4) is 0 Å². The molecule has 4 aromatic rings. The Kier molecular flexibility index (Phi) is 11.6. The van der Waals surface area contributed by atoms with E-state index < -0.39 is 18.1 Å². The van der Waals surface area contributed by atoms with Gasteiger partial charge in [0.1, 0.15) is 17.2 Å². The van der Waals surface area contributed by atoms with Crippen molar-refractivity contribution in [1.82, 2.24) is 5.32 Å². The second kappa shape index (κ2) is 15.5. The van der Waals surface area contributed by atoms with Crippen LogP contribution in [-0.2, 0) is 17.6 Å². The quantitative estimate of drug-likeness (QED) is 0.0900. The summed E-state index contributed by atoms with van der Waals surface area (Å²) >= 11 is 0. The van der Waals surface area contributed by atoms with Crippen LogP contribution in [0.25, 0.3) is 10.8 Å². The maximum atomic E-state index is 13.9. The zero-order chi connectivity index (χ0) is 35.1. The lowest BCUT2D eigenvalue weighted by molar-refractivity contribution is 0.0527. The average Bonchev–Trinajstić information content (AvgIpc) is 3.01. The van der Waals surface area contributed by atoms with Gasteiger partial charge in [-0.1, -0.05) is 103 Å². The first kappa shape index (κ1) is 36.1. The molecule has 0 bridgehead atoms. The molecule has 48 heavy (non-hydrogen) atoms. The fraction of sp³-hybridized carbons (Fsp3) is 0.400. The average molecular weight is 652 g/mol. The van der Waals surface area contributed by atoms with Crippen LogP contribution in [0.15, 0.2) is 83.0 Å². The summed E-state index contributed by atoms with van der Waals surface area (Å²) < 4.78 is 11.7. The summed E-state index contributed by atoms with van der Waals surface area (Å²) in [5.74, 6) is -0.427. The van der Waals surface area contributed by atoms with Crippen LogP contribution in [0, 0.1) is 10.8 Å². The van der Waals surface area contributed by atoms with E-state index in [0.29, 0.717) is 28.6 Å². The van der Waals surface area contributed by atoms with Gasteiger partial charge in [0.15, 0.2) is 6.23 Å². The Bertz CT molecular complexity index is 1780. The number of nitrogens with zero attached hydrogens (tertiary/aromatic N) is 2. The monoisotopic (exact) mass is 651 g/mol. The van der Waals surface area contributed by atoms with Gasteiger partial charge in [-0.05, 0) is 66.0 Å². The van der Waals surface area contributed by atoms with Crippen molar-refractivity contribution in [2.45, 2.75) is 87.3 Å². The molecule has 8 nitrogen and oxygen atoms in total. The summed E-state index contributed by atoms with van der Waals surface area (Å²) in [7, 11) is 0. The van der Waals surface area contributed by atoms with Crippen molar-refractivity contribution in [1.29, 1.82) is 0 Å². The molecule has 0 aliphatic carbocycles. The van der Waals surface area contributed by atoms with E-state index in [1.54, 1.807) is 49.4 Å². The number of fused-ring (bicyclic) bond motifs is 1. The van der Waals surface area contributed by atoms with Gasteiger partial charge in [0.25, 0.3) is 5.91 Å². The van der Waals surface area contributed by atoms with E-state index in [2.05, 4.69) is 69.2 Å². The van der Waals surface area contributed by atoms with E-state index in [-0.39, 0.29) is 34.3 Å². The van der Waals surface area contributed by atoms with Gasteiger partial charge >= 0.3 is 5.97 Å². The Morgan fingerprint density at radius 3 is 2.10 bits per heavy atom. The van der Waals surface area contributed by atoms with Crippen LogP contribution in [0.5, 0.6) is 11.5 Å². The fourth-order valence-corrected chi connectivity index (χ4v) is 5.63. The molecule has 0 aliphatic heterocycles. The fourth-order valence-electron chi connectivity index (χ4n) is 5.63. The largest absolute Gasteiger partial charge is 0.506 e. The molecule has 2 N–H and O–H groups in total. The molecular weight excluding hydrogens is 602 g/mol. The summed E-state index contributed by atoms with van der Waals surface area (Å²) in [6.07, 6.45) is 2.45. The number of rotatable bonds is 12. The molecule has 0 aliphatic rings. The molecule has 0 spiro atoms. The standard InChI is InChI=1S/C40H49N3O5/c1-9-15-35(48-34-21-20-26(24-39(3,4)5)22-27(34)25-40(6,7)8)41-37(45)31-23-33(28-16-11-12-17-29(28)36(31)44)43-42-32-19-14-13-18-30(32)38(46)47-10-2/h11-14,16-23,35,44H,9-10,15,24-25H2,1-8H3,(H,41,45). The Morgan fingerprint density at radius 2 is 1.44 bits per heavy atom. The number of nitrogens with one attached hydrogen (secondary N) is 1. The van der Waals surface area contributed by atoms with Crippen molar-refractivity contribution in [3.05, 3.63) is 95.1 Å². The number of hydrogen-bond donors (Lipinski definition) is 2. The SMILES string of the molecule is CCCC(NC(=O)c1cc(N=Nc2ccccc2C(=O)OCC)c2ccccc2c1O)Oc1ccc(CC(C)(C)C)cc1CC(C)(C)C. The van der Waals surface area contributed by atoms with Crippen molar-refractivity contribution in [3.8, 4) is 11.5 Å². The van der Waals surface area contributed by atoms with Crippen LogP contribution >= 0.6 is 0 Å². The normalized spacial score (nSPS) is 12.7. The highest BCUT2D eigenvalue weighted by Crippen LogP contribution is 2.38. The lowest BCUT2D eigenvalue weighted by Gasteiger charge is -2.26. The molecule has 1 unspecified atom stereocenters. The van der Waals surface area contributed by atoms with Gasteiger partial charge in [-0.2, -0.15) is 0 Å². The number of carbonyl (C=O) groups is 2. The highest BCUT2D eigenvalue weighted by atomic mass is 16.5. The van der Waals surface area contributed by atoms with Crippen LogP contribution in [0.4, 0.5) is 11.4 Å². The number of carbonyl (C=O) groups excluding carboxylic acids is 2. The molecule has 0 radical (unpaired) electrons. The second-order valence-electron chi connectivity index (χ2n) is 14.6. The smallest absolute Gasteiger partial charge is 0.340 e. The molecule has 0 saturated heterocycles. The Balaban J connectivity index is 1.68. The number of amides is 1. The van der Waals surface area contributed by atoms with E-state index in [1.165, 1.54) is 11.6 Å². The Labute approximate surface area is 284 Å². The number of ether oxygens (including phenoxy) is 2. The number of hydrogen-bond acceptors (Lipinski definition) is 7. The summed E-state index contributed by atoms with van der Waals surface area (Å²) in [5, 5.41) is 24.2. The van der Waals surface area contributed by atoms with Gasteiger partial charge in [0.2, 0.25) is 0 Å². The molecular formula is C40H49N3O5. The predicted octanol–water partition coefficient (Wildman–Crippen LogP) is 10.2. The molecule has 0 saturated carbocycles. The van der Waals surface area contributed by atoms with E-state index >= 15 is 0 Å². The molecule has 0 heterocycles. The van der Waals surface area contributed by atoms with E-state index in [9.17, 15) is 14.7 Å². The first-order valence-corrected chi connectivity index (χ1v) is 16.7. The lowest BCUT2D eigenvalue weighted by atomic mass is 9.84. The minimum atomic E-state index is -0.637. The lowest BCUT2D eigenvalue weighted by Crippen LogP contribution is -2.39. The minimum absolute atomic E-state index is 0.0284. The van der Waals surface area contributed by atoms with Crippen LogP contribution in [0.2, 0.25) is 0 Å². The van der Waals surface area contributed by atoms with Gasteiger partial charge in [-0.15, -0.1) is 10.2 Å². The number of benzene rings is 4. The molecule has 1 atom stereocenters. The van der Waals surface area contributed by atoms with Gasteiger partial charge in [-0.25, -0.2) is 4.79 Å². The third-order valence-corrected chi connectivity index (χ3v) is 7.60. The van der Waals surface area contributed by atoms with Crippen LogP contribution < -0.4 is 10.1 Å². The second-order valence-corrected chi connectivity index (χ2v) is 14.6. The molecule has 0 aromatic heterocycles. The maximum Gasteiger partial charge on any atom is 0.340 e. The Morgan fingerprint density at radius 1 is 0.792 bits per heavy atom. The van der Waals surface area contributed by atoms with Crippen LogP contribution in [0.1, 0.15) is 100 Å². The Hall–Kier alpha value is -4.72. The van der Waals surface area contributed by atoms with Gasteiger partial charge in [-0.3, -0.25) is 4.79 Å². The molecule has 4 aromatic carbocycles. The number of azo groups is 1. The van der Waals surface area contributed by atoms with Gasteiger partial charge < -0.3 is 19.9 Å². The van der Waals surface area contributed by atoms with Gasteiger partial charge in [0, 0.05) is 17.2 Å². The third-order valence-electron chi connectivity index (χ3n) is 7.60. The number of phenols is 1. The molecule has 1 amide bonds. The first-order valence-electron chi connectivity index (χ1n) is 16.7. The van der Waals surface area contributed by atoms with Crippen molar-refractivity contribution in [3.63, 3.8) is 0 Å². The highest BCUT2D eigenvalue weighted by Gasteiger charge is 2.24. The molecule has 0 fully saturated rings. The highest BCUT2D eigenvalue weighted by molar-refractivity contribution is 6.07. The topological polar surface area (TPSA) is 110 Å². The summed E-state index contributed by atoms with van der Waals surface area (Å²) in [6.45, 7) is 17.3. The molecule has 254 valence electrons. The third kappa shape index (κ3) is 9.66. The summed E-state index contributed by atoms with van der Waals surface area (Å²) in [5.41, 5.74) is 3.53. The van der Waals surface area contributed by atoms with E-state index in [4.69, 9.17) is 9.47 Å². The van der Waals surface area contributed by atoms with E-state index in [1.807, 2.05) is 19.1 Å². The zero-order valence-electron chi connectivity index (χ0n) is 29.5. The summed E-state index contributed by atoms with van der Waals surface area (Å²) in [4.78, 5) is 26.4. The summed E-state index contributed by atoms with van der Waals surface area (Å²) in [6, 6.07) is 21.7. The van der Waals surface area contributed by atoms with Crippen molar-refractivity contribution in [2.24, 2.45) is 21.1 Å². The maximum absolute atomic E-state index is 13.9. The number of phenolic OH excluding ortho intramolecular Hbond substituents is 1. The van der Waals surface area contributed by atoms with Gasteiger partial charge in [0.05, 0.1) is 23.4 Å². The van der Waals surface area contributed by atoms with Crippen molar-refractivity contribution < 1.29 is 24.2 Å². The van der Waals surface area contributed by atoms with E-state index in [0.717, 1.165) is 30.6 Å². The first-order chi connectivity index (χ1) is 22.7. The predicted molar refractivity (Wildman–Crippen MR) is 192 cm³/mol. The minimum Gasteiger partial charge on any atom is -0.506 e. The van der Waals surface area contributed by atoms with Crippen LogP contribution in [-0.4, -0.2) is 29.8 Å². The zero-order valence-corrected chi connectivity index (χ0v) is 29.5. The number of aromatic hydroxyl groups is 1. The number of esters is 1. The van der Waals surface area contributed by atoms with Crippen molar-refractivity contribution >= 4 is 34.0 Å². The molecule has 8 heteroatoms. The molecule has 4 rings (SSSR count).